The van der Waals surface area contributed by atoms with Crippen LogP contribution in [0.25, 0.3) is 0 Å². The molecule has 2 aromatic carbocycles. The molecule has 0 bridgehead atoms. The Balaban J connectivity index is 1.58. The summed E-state index contributed by atoms with van der Waals surface area (Å²) in [5.41, 5.74) is 0.963. The fraction of sp³-hybridized carbons (Fsp3) is 0.333. The van der Waals surface area contributed by atoms with E-state index >= 15 is 0 Å². The summed E-state index contributed by atoms with van der Waals surface area (Å²) in [5, 5.41) is 2.52. The number of carbonyl (C=O) groups excluding carboxylic acids is 2. The van der Waals surface area contributed by atoms with E-state index in [2.05, 4.69) is 21.2 Å². The maximum Gasteiger partial charge on any atom is 0.325 e. The van der Waals surface area contributed by atoms with Crippen molar-refractivity contribution in [2.75, 3.05) is 41.1 Å². The lowest BCUT2D eigenvalue weighted by atomic mass is 10.1. The molecular weight excluding hydrogens is 474 g/mol. The average Bonchev–Trinajstić information content (AvgIpc) is 2.79. The van der Waals surface area contributed by atoms with Gasteiger partial charge in [-0.15, -0.1) is 0 Å². The van der Waals surface area contributed by atoms with E-state index in [1.807, 2.05) is 0 Å². The molecule has 31 heavy (non-hydrogen) atoms. The summed E-state index contributed by atoms with van der Waals surface area (Å²) in [6.07, 6.45) is 0. The van der Waals surface area contributed by atoms with Crippen molar-refractivity contribution >= 4 is 27.8 Å². The standard InChI is InChI=1S/C21H22BrNO8/c1-26-17-6-12(7-18(27-2)20(17)28-3)21(25)23-10-19(24)31-11-13-8-15-16(9-14(13)22)30-5-4-29-15/h6-9H,4-5,10-11H2,1-3H3,(H,23,25). The number of hydrogen-bond acceptors (Lipinski definition) is 8. The Morgan fingerprint density at radius 3 is 2.16 bits per heavy atom. The van der Waals surface area contributed by atoms with Crippen molar-refractivity contribution in [1.29, 1.82) is 0 Å². The first kappa shape index (κ1) is 22.5. The first-order chi connectivity index (χ1) is 15.0. The van der Waals surface area contributed by atoms with E-state index in [-0.39, 0.29) is 18.7 Å². The summed E-state index contributed by atoms with van der Waals surface area (Å²) >= 11 is 3.43. The number of fused-ring (bicyclic) bond motifs is 1. The first-order valence-electron chi connectivity index (χ1n) is 9.28. The van der Waals surface area contributed by atoms with Crippen LogP contribution in [0.4, 0.5) is 0 Å². The molecule has 0 saturated heterocycles. The van der Waals surface area contributed by atoms with Gasteiger partial charge < -0.3 is 33.7 Å². The highest BCUT2D eigenvalue weighted by Gasteiger charge is 2.19. The van der Waals surface area contributed by atoms with Crippen LogP contribution in [0.15, 0.2) is 28.7 Å². The average molecular weight is 496 g/mol. The number of hydrogen-bond donors (Lipinski definition) is 1. The summed E-state index contributed by atoms with van der Waals surface area (Å²) in [6.45, 7) is 0.647. The Morgan fingerprint density at radius 1 is 0.968 bits per heavy atom. The molecule has 1 heterocycles. The number of esters is 1. The smallest absolute Gasteiger partial charge is 0.325 e. The second-order valence-electron chi connectivity index (χ2n) is 6.34. The second-order valence-corrected chi connectivity index (χ2v) is 7.20. The van der Waals surface area contributed by atoms with Gasteiger partial charge in [-0.25, -0.2) is 0 Å². The number of amides is 1. The molecule has 3 rings (SSSR count). The number of nitrogens with one attached hydrogen (secondary N) is 1. The van der Waals surface area contributed by atoms with Gasteiger partial charge in [0.15, 0.2) is 23.0 Å². The van der Waals surface area contributed by atoms with Gasteiger partial charge in [0.25, 0.3) is 5.91 Å². The van der Waals surface area contributed by atoms with Gasteiger partial charge >= 0.3 is 5.97 Å². The molecule has 0 fully saturated rings. The number of benzene rings is 2. The van der Waals surface area contributed by atoms with Gasteiger partial charge in [-0.2, -0.15) is 0 Å². The monoisotopic (exact) mass is 495 g/mol. The van der Waals surface area contributed by atoms with Crippen LogP contribution < -0.4 is 29.0 Å². The SMILES string of the molecule is COc1cc(C(=O)NCC(=O)OCc2cc3c(cc2Br)OCCO3)cc(OC)c1OC. The Hall–Kier alpha value is -3.14. The van der Waals surface area contributed by atoms with E-state index < -0.39 is 11.9 Å². The molecule has 0 radical (unpaired) electrons. The van der Waals surface area contributed by atoms with Gasteiger partial charge in [-0.3, -0.25) is 9.59 Å². The van der Waals surface area contributed by atoms with Gasteiger partial charge in [0.2, 0.25) is 5.75 Å². The molecule has 9 nitrogen and oxygen atoms in total. The van der Waals surface area contributed by atoms with Crippen molar-refractivity contribution in [2.24, 2.45) is 0 Å². The minimum atomic E-state index is -0.595. The van der Waals surface area contributed by atoms with Crippen molar-refractivity contribution in [3.8, 4) is 28.7 Å². The van der Waals surface area contributed by atoms with Gasteiger partial charge in [-0.1, -0.05) is 15.9 Å². The number of methoxy groups -OCH3 is 3. The van der Waals surface area contributed by atoms with Crippen LogP contribution in [-0.2, 0) is 16.1 Å². The molecular formula is C21H22BrNO8. The highest BCUT2D eigenvalue weighted by atomic mass is 79.9. The van der Waals surface area contributed by atoms with E-state index in [0.717, 1.165) is 4.47 Å². The predicted octanol–water partition coefficient (Wildman–Crippen LogP) is 2.72. The quantitative estimate of drug-likeness (QED) is 0.557. The molecule has 0 atom stereocenters. The molecule has 1 N–H and O–H groups in total. The molecule has 0 aliphatic carbocycles. The molecule has 2 aromatic rings. The van der Waals surface area contributed by atoms with Crippen LogP contribution in [0, 0.1) is 0 Å². The Bertz CT molecular complexity index is 953. The minimum Gasteiger partial charge on any atom is -0.493 e. The van der Waals surface area contributed by atoms with Crippen molar-refractivity contribution in [3.63, 3.8) is 0 Å². The zero-order chi connectivity index (χ0) is 22.4. The molecule has 0 saturated carbocycles. The van der Waals surface area contributed by atoms with Crippen molar-refractivity contribution in [3.05, 3.63) is 39.9 Å². The summed E-state index contributed by atoms with van der Waals surface area (Å²) in [6, 6.07) is 6.51. The first-order valence-corrected chi connectivity index (χ1v) is 10.1. The second kappa shape index (κ2) is 10.3. The summed E-state index contributed by atoms with van der Waals surface area (Å²) in [4.78, 5) is 24.6. The van der Waals surface area contributed by atoms with E-state index in [0.29, 0.717) is 47.5 Å². The largest absolute Gasteiger partial charge is 0.493 e. The van der Waals surface area contributed by atoms with E-state index in [1.165, 1.54) is 33.5 Å². The molecule has 0 unspecified atom stereocenters. The Morgan fingerprint density at radius 2 is 1.58 bits per heavy atom. The van der Waals surface area contributed by atoms with Gasteiger partial charge in [0, 0.05) is 15.6 Å². The molecule has 1 aliphatic rings. The molecule has 1 amide bonds. The van der Waals surface area contributed by atoms with Crippen LogP contribution in [0.3, 0.4) is 0 Å². The third kappa shape index (κ3) is 5.32. The fourth-order valence-corrected chi connectivity index (χ4v) is 3.33. The highest BCUT2D eigenvalue weighted by molar-refractivity contribution is 9.10. The zero-order valence-electron chi connectivity index (χ0n) is 17.3. The number of ether oxygens (including phenoxy) is 6. The van der Waals surface area contributed by atoms with E-state index in [9.17, 15) is 9.59 Å². The molecule has 0 aromatic heterocycles. The van der Waals surface area contributed by atoms with Crippen molar-refractivity contribution in [2.45, 2.75) is 6.61 Å². The predicted molar refractivity (Wildman–Crippen MR) is 113 cm³/mol. The third-order valence-electron chi connectivity index (χ3n) is 4.42. The van der Waals surface area contributed by atoms with Crippen LogP contribution in [0.1, 0.15) is 15.9 Å². The van der Waals surface area contributed by atoms with Crippen LogP contribution >= 0.6 is 15.9 Å². The summed E-state index contributed by atoms with van der Waals surface area (Å²) < 4.78 is 32.7. The summed E-state index contributed by atoms with van der Waals surface area (Å²) in [5.74, 6) is 1.17. The van der Waals surface area contributed by atoms with Crippen molar-refractivity contribution in [1.82, 2.24) is 5.32 Å². The maximum atomic E-state index is 12.5. The summed E-state index contributed by atoms with van der Waals surface area (Å²) in [7, 11) is 4.37. The number of carbonyl (C=O) groups is 2. The Labute approximate surface area is 187 Å². The van der Waals surface area contributed by atoms with Crippen LogP contribution in [0.5, 0.6) is 28.7 Å². The lowest BCUT2D eigenvalue weighted by Crippen LogP contribution is -2.30. The minimum absolute atomic E-state index is 0.0100. The molecule has 10 heteroatoms. The lowest BCUT2D eigenvalue weighted by Gasteiger charge is -2.20. The highest BCUT2D eigenvalue weighted by Crippen LogP contribution is 2.38. The Kier molecular flexibility index (Phi) is 7.45. The van der Waals surface area contributed by atoms with Crippen molar-refractivity contribution < 1.29 is 38.0 Å². The fourth-order valence-electron chi connectivity index (χ4n) is 2.89. The number of rotatable bonds is 8. The van der Waals surface area contributed by atoms with Gasteiger partial charge in [0.1, 0.15) is 26.4 Å². The zero-order valence-corrected chi connectivity index (χ0v) is 18.9. The maximum absolute atomic E-state index is 12.5. The van der Waals surface area contributed by atoms with Crippen LogP contribution in [-0.4, -0.2) is 53.0 Å². The third-order valence-corrected chi connectivity index (χ3v) is 5.16. The van der Waals surface area contributed by atoms with Crippen LogP contribution in [0.2, 0.25) is 0 Å². The van der Waals surface area contributed by atoms with Gasteiger partial charge in [-0.05, 0) is 24.3 Å². The topological polar surface area (TPSA) is 102 Å². The van der Waals surface area contributed by atoms with Gasteiger partial charge in [0.05, 0.1) is 21.3 Å². The molecule has 1 aliphatic heterocycles. The molecule has 166 valence electrons. The number of halogens is 1. The van der Waals surface area contributed by atoms with E-state index in [4.69, 9.17) is 28.4 Å². The normalized spacial score (nSPS) is 12.0. The van der Waals surface area contributed by atoms with E-state index in [1.54, 1.807) is 12.1 Å². The molecule has 0 spiro atoms. The lowest BCUT2D eigenvalue weighted by molar-refractivity contribution is -0.143.